The van der Waals surface area contributed by atoms with Crippen LogP contribution in [0.4, 0.5) is 0 Å². The molecule has 0 saturated carbocycles. The molecule has 0 unspecified atom stereocenters. The van der Waals surface area contributed by atoms with E-state index in [1.165, 1.54) is 6.21 Å². The van der Waals surface area contributed by atoms with Crippen molar-refractivity contribution in [2.24, 2.45) is 5.16 Å². The monoisotopic (exact) mass is 161 g/mol. The summed E-state index contributed by atoms with van der Waals surface area (Å²) in [5, 5.41) is 11.1. The van der Waals surface area contributed by atoms with Gasteiger partial charge in [0.15, 0.2) is 0 Å². The summed E-state index contributed by atoms with van der Waals surface area (Å²) in [6.45, 7) is 3.66. The van der Waals surface area contributed by atoms with Crippen LogP contribution in [0.1, 0.15) is 11.1 Å². The molecule has 0 aliphatic carbocycles. The van der Waals surface area contributed by atoms with Gasteiger partial charge in [-0.25, -0.2) is 0 Å². The highest BCUT2D eigenvalue weighted by molar-refractivity contribution is 5.61. The van der Waals surface area contributed by atoms with E-state index in [0.29, 0.717) is 6.42 Å². The Labute approximate surface area is 71.8 Å². The van der Waals surface area contributed by atoms with Crippen LogP contribution < -0.4 is 0 Å². The zero-order valence-electron chi connectivity index (χ0n) is 6.77. The molecule has 0 amide bonds. The van der Waals surface area contributed by atoms with Crippen LogP contribution in [0.2, 0.25) is 0 Å². The Hall–Kier alpha value is -1.57. The summed E-state index contributed by atoms with van der Waals surface area (Å²) < 4.78 is 0. The minimum atomic E-state index is 0.661. The molecule has 0 heterocycles. The lowest BCUT2D eigenvalue weighted by atomic mass is 10.1. The lowest BCUT2D eigenvalue weighted by molar-refractivity contribution is 0.321. The first-order chi connectivity index (χ1) is 5.86. The number of hydrogen-bond donors (Lipinski definition) is 1. The van der Waals surface area contributed by atoms with E-state index < -0.39 is 0 Å². The third-order valence-electron chi connectivity index (χ3n) is 1.62. The molecule has 0 aromatic heterocycles. The Bertz CT molecular complexity index is 274. The number of hydrogen-bond acceptors (Lipinski definition) is 2. The fraction of sp³-hybridized carbons (Fsp3) is 0.100. The van der Waals surface area contributed by atoms with Crippen LogP contribution in [-0.2, 0) is 6.42 Å². The number of rotatable bonds is 3. The second-order valence-electron chi connectivity index (χ2n) is 2.45. The molecule has 2 nitrogen and oxygen atoms in total. The van der Waals surface area contributed by atoms with Crippen molar-refractivity contribution in [2.45, 2.75) is 6.42 Å². The summed E-state index contributed by atoms with van der Waals surface area (Å²) in [6, 6.07) is 7.93. The van der Waals surface area contributed by atoms with Gasteiger partial charge >= 0.3 is 0 Å². The van der Waals surface area contributed by atoms with Gasteiger partial charge in [-0.15, -0.1) is 5.16 Å². The van der Waals surface area contributed by atoms with E-state index in [1.807, 2.05) is 24.3 Å². The van der Waals surface area contributed by atoms with Crippen LogP contribution in [-0.4, -0.2) is 11.4 Å². The van der Waals surface area contributed by atoms with Crippen LogP contribution in [0, 0.1) is 0 Å². The van der Waals surface area contributed by atoms with Crippen molar-refractivity contribution in [1.29, 1.82) is 0 Å². The maximum Gasteiger partial charge on any atom is 0.0479 e. The zero-order valence-corrected chi connectivity index (χ0v) is 6.77. The minimum Gasteiger partial charge on any atom is -0.411 e. The summed E-state index contributed by atoms with van der Waals surface area (Å²) >= 11 is 0. The van der Waals surface area contributed by atoms with Gasteiger partial charge in [0.25, 0.3) is 0 Å². The van der Waals surface area contributed by atoms with Gasteiger partial charge in [0.2, 0.25) is 0 Å². The highest BCUT2D eigenvalue weighted by Crippen LogP contribution is 2.04. The highest BCUT2D eigenvalue weighted by Gasteiger charge is 1.89. The standard InChI is InChI=1S/C10H11NO/c1-2-9-3-5-10(6-4-9)7-8-11-12/h2-6,8,12H,1,7H2/b11-8+. The van der Waals surface area contributed by atoms with Gasteiger partial charge in [-0.2, -0.15) is 0 Å². The minimum absolute atomic E-state index is 0.661. The van der Waals surface area contributed by atoms with E-state index in [-0.39, 0.29) is 0 Å². The fourth-order valence-corrected chi connectivity index (χ4v) is 0.936. The van der Waals surface area contributed by atoms with Crippen molar-refractivity contribution in [1.82, 2.24) is 0 Å². The molecule has 0 atom stereocenters. The molecule has 0 spiro atoms. The van der Waals surface area contributed by atoms with Crippen LogP contribution in [0.15, 0.2) is 36.0 Å². The molecule has 0 radical (unpaired) electrons. The van der Waals surface area contributed by atoms with Crippen molar-refractivity contribution in [3.63, 3.8) is 0 Å². The average molecular weight is 161 g/mol. The van der Waals surface area contributed by atoms with Gasteiger partial charge in [-0.3, -0.25) is 0 Å². The SMILES string of the molecule is C=Cc1ccc(C/C=N/O)cc1. The average Bonchev–Trinajstić information content (AvgIpc) is 2.15. The van der Waals surface area contributed by atoms with Crippen molar-refractivity contribution >= 4 is 12.3 Å². The van der Waals surface area contributed by atoms with Gasteiger partial charge < -0.3 is 5.21 Å². The third-order valence-corrected chi connectivity index (χ3v) is 1.62. The van der Waals surface area contributed by atoms with E-state index in [1.54, 1.807) is 6.08 Å². The Morgan fingerprint density at radius 3 is 2.50 bits per heavy atom. The molecule has 12 heavy (non-hydrogen) atoms. The summed E-state index contributed by atoms with van der Waals surface area (Å²) in [5.74, 6) is 0. The molecule has 0 bridgehead atoms. The summed E-state index contributed by atoms with van der Waals surface area (Å²) in [7, 11) is 0. The molecular formula is C10H11NO. The largest absolute Gasteiger partial charge is 0.411 e. The molecule has 0 aliphatic heterocycles. The van der Waals surface area contributed by atoms with Gasteiger partial charge in [0, 0.05) is 12.6 Å². The van der Waals surface area contributed by atoms with Crippen LogP contribution >= 0.6 is 0 Å². The summed E-state index contributed by atoms with van der Waals surface area (Å²) in [4.78, 5) is 0. The normalized spacial score (nSPS) is 10.3. The summed E-state index contributed by atoms with van der Waals surface area (Å²) in [6.07, 6.45) is 3.92. The first kappa shape index (κ1) is 8.53. The second kappa shape index (κ2) is 4.34. The summed E-state index contributed by atoms with van der Waals surface area (Å²) in [5.41, 5.74) is 2.22. The van der Waals surface area contributed by atoms with Crippen LogP contribution in [0.5, 0.6) is 0 Å². The number of benzene rings is 1. The number of nitrogens with zero attached hydrogens (tertiary/aromatic N) is 1. The maximum atomic E-state index is 8.18. The molecule has 0 fully saturated rings. The smallest absolute Gasteiger partial charge is 0.0479 e. The van der Waals surface area contributed by atoms with Gasteiger partial charge in [0.05, 0.1) is 0 Å². The van der Waals surface area contributed by atoms with Crippen LogP contribution in [0.25, 0.3) is 6.08 Å². The topological polar surface area (TPSA) is 32.6 Å². The van der Waals surface area contributed by atoms with Crippen LogP contribution in [0.3, 0.4) is 0 Å². The molecular weight excluding hydrogens is 150 g/mol. The van der Waals surface area contributed by atoms with E-state index in [4.69, 9.17) is 5.21 Å². The fourth-order valence-electron chi connectivity index (χ4n) is 0.936. The Kier molecular flexibility index (Phi) is 3.08. The van der Waals surface area contributed by atoms with Gasteiger partial charge in [0.1, 0.15) is 0 Å². The van der Waals surface area contributed by atoms with Gasteiger partial charge in [-0.1, -0.05) is 36.9 Å². The van der Waals surface area contributed by atoms with Crippen molar-refractivity contribution in [2.75, 3.05) is 0 Å². The maximum absolute atomic E-state index is 8.18. The quantitative estimate of drug-likeness (QED) is 0.412. The molecule has 1 N–H and O–H groups in total. The predicted molar refractivity (Wildman–Crippen MR) is 50.5 cm³/mol. The van der Waals surface area contributed by atoms with E-state index in [0.717, 1.165) is 11.1 Å². The van der Waals surface area contributed by atoms with Crippen molar-refractivity contribution in [3.8, 4) is 0 Å². The van der Waals surface area contributed by atoms with E-state index in [9.17, 15) is 0 Å². The molecule has 1 aromatic rings. The van der Waals surface area contributed by atoms with Gasteiger partial charge in [-0.05, 0) is 11.1 Å². The zero-order chi connectivity index (χ0) is 8.81. The molecule has 2 heteroatoms. The molecule has 0 aliphatic rings. The predicted octanol–water partition coefficient (Wildman–Crippen LogP) is 2.33. The molecule has 62 valence electrons. The molecule has 1 rings (SSSR count). The highest BCUT2D eigenvalue weighted by atomic mass is 16.4. The first-order valence-corrected chi connectivity index (χ1v) is 3.74. The third kappa shape index (κ3) is 2.23. The molecule has 0 saturated heterocycles. The Balaban J connectivity index is 2.70. The lowest BCUT2D eigenvalue weighted by Crippen LogP contribution is -1.85. The second-order valence-corrected chi connectivity index (χ2v) is 2.45. The van der Waals surface area contributed by atoms with E-state index in [2.05, 4.69) is 11.7 Å². The Morgan fingerprint density at radius 2 is 2.00 bits per heavy atom. The number of oxime groups is 1. The van der Waals surface area contributed by atoms with E-state index >= 15 is 0 Å². The molecule has 1 aromatic carbocycles. The Morgan fingerprint density at radius 1 is 1.33 bits per heavy atom. The lowest BCUT2D eigenvalue weighted by Gasteiger charge is -1.95. The first-order valence-electron chi connectivity index (χ1n) is 3.74. The van der Waals surface area contributed by atoms with Crippen molar-refractivity contribution in [3.05, 3.63) is 42.0 Å². The van der Waals surface area contributed by atoms with Crippen molar-refractivity contribution < 1.29 is 5.21 Å².